The summed E-state index contributed by atoms with van der Waals surface area (Å²) < 4.78 is 0. The Hall–Kier alpha value is -1.14. The van der Waals surface area contributed by atoms with Crippen molar-refractivity contribution in [1.29, 1.82) is 0 Å². The van der Waals surface area contributed by atoms with Crippen molar-refractivity contribution in [3.8, 4) is 0 Å². The second-order valence-corrected chi connectivity index (χ2v) is 5.39. The number of carbonyl (C=O) groups excluding carboxylic acids is 2. The number of aliphatic hydroxyl groups is 1. The summed E-state index contributed by atoms with van der Waals surface area (Å²) in [5.41, 5.74) is 0. The molecule has 0 aromatic rings. The maximum absolute atomic E-state index is 11.9. The molecular weight excluding hydrogens is 246 g/mol. The van der Waals surface area contributed by atoms with Crippen LogP contribution in [0.25, 0.3) is 0 Å². The second kappa shape index (κ2) is 7.45. The summed E-state index contributed by atoms with van der Waals surface area (Å²) >= 11 is 0. The predicted molar refractivity (Wildman–Crippen MR) is 72.6 cm³/mol. The van der Waals surface area contributed by atoms with Crippen LogP contribution in [0.15, 0.2) is 0 Å². The van der Waals surface area contributed by atoms with E-state index in [-0.39, 0.29) is 11.8 Å². The third-order valence-corrected chi connectivity index (χ3v) is 3.21. The number of hydrogen-bond donors (Lipinski definition) is 1. The van der Waals surface area contributed by atoms with Gasteiger partial charge >= 0.3 is 0 Å². The van der Waals surface area contributed by atoms with Gasteiger partial charge in [-0.05, 0) is 27.4 Å². The molecule has 19 heavy (non-hydrogen) atoms. The first kappa shape index (κ1) is 15.9. The quantitative estimate of drug-likeness (QED) is 0.724. The largest absolute Gasteiger partial charge is 0.393 e. The van der Waals surface area contributed by atoms with Gasteiger partial charge in [0.15, 0.2) is 0 Å². The molecule has 1 heterocycles. The number of likely N-dealkylation sites (N-methyl/N-ethyl adjacent to an activating group) is 1. The van der Waals surface area contributed by atoms with E-state index in [9.17, 15) is 14.7 Å². The van der Waals surface area contributed by atoms with E-state index in [4.69, 9.17) is 0 Å². The highest BCUT2D eigenvalue weighted by Gasteiger charge is 2.23. The number of amides is 2. The molecule has 0 saturated carbocycles. The van der Waals surface area contributed by atoms with Crippen LogP contribution in [0.1, 0.15) is 19.8 Å². The van der Waals surface area contributed by atoms with E-state index >= 15 is 0 Å². The second-order valence-electron chi connectivity index (χ2n) is 5.39. The van der Waals surface area contributed by atoms with Crippen molar-refractivity contribution in [2.75, 3.05) is 46.8 Å². The van der Waals surface area contributed by atoms with Crippen molar-refractivity contribution >= 4 is 11.8 Å². The van der Waals surface area contributed by atoms with Gasteiger partial charge in [0.05, 0.1) is 12.6 Å². The number of carbonyl (C=O) groups is 2. The number of rotatable bonds is 5. The van der Waals surface area contributed by atoms with Gasteiger partial charge in [0.1, 0.15) is 0 Å². The number of piperazine rings is 1. The maximum Gasteiger partial charge on any atom is 0.236 e. The van der Waals surface area contributed by atoms with Crippen LogP contribution in [0.2, 0.25) is 0 Å². The van der Waals surface area contributed by atoms with E-state index in [0.717, 1.165) is 0 Å². The lowest BCUT2D eigenvalue weighted by atomic mass is 10.2. The summed E-state index contributed by atoms with van der Waals surface area (Å²) in [4.78, 5) is 29.1. The van der Waals surface area contributed by atoms with Gasteiger partial charge in [-0.2, -0.15) is 0 Å². The summed E-state index contributed by atoms with van der Waals surface area (Å²) in [7, 11) is 3.74. The molecule has 1 N–H and O–H groups in total. The summed E-state index contributed by atoms with van der Waals surface area (Å²) in [5.74, 6) is 0.182. The Bertz CT molecular complexity index is 310. The monoisotopic (exact) mass is 271 g/mol. The Balaban J connectivity index is 2.32. The molecule has 6 nitrogen and oxygen atoms in total. The highest BCUT2D eigenvalue weighted by atomic mass is 16.3. The number of hydrogen-bond acceptors (Lipinski definition) is 4. The maximum atomic E-state index is 11.9. The van der Waals surface area contributed by atoms with Gasteiger partial charge in [-0.1, -0.05) is 0 Å². The first-order valence-electron chi connectivity index (χ1n) is 6.78. The Kier molecular flexibility index (Phi) is 6.24. The van der Waals surface area contributed by atoms with Crippen molar-refractivity contribution in [1.82, 2.24) is 14.7 Å². The Labute approximate surface area is 115 Å². The zero-order valence-electron chi connectivity index (χ0n) is 12.1. The third kappa shape index (κ3) is 5.57. The molecule has 6 heteroatoms. The fourth-order valence-electron chi connectivity index (χ4n) is 2.07. The molecule has 1 aliphatic heterocycles. The molecule has 110 valence electrons. The van der Waals surface area contributed by atoms with Gasteiger partial charge in [0, 0.05) is 32.6 Å². The minimum absolute atomic E-state index is 0.0700. The Morgan fingerprint density at radius 1 is 1.11 bits per heavy atom. The van der Waals surface area contributed by atoms with E-state index in [1.165, 1.54) is 0 Å². The molecule has 1 unspecified atom stereocenters. The molecule has 0 aromatic heterocycles. The van der Waals surface area contributed by atoms with Gasteiger partial charge in [-0.15, -0.1) is 0 Å². The van der Waals surface area contributed by atoms with Crippen molar-refractivity contribution in [2.45, 2.75) is 25.9 Å². The summed E-state index contributed by atoms with van der Waals surface area (Å²) in [6.07, 6.45) is 0.439. The first-order chi connectivity index (χ1) is 8.90. The van der Waals surface area contributed by atoms with Gasteiger partial charge in [-0.3, -0.25) is 9.59 Å². The average Bonchev–Trinajstić information content (AvgIpc) is 2.35. The molecule has 0 radical (unpaired) electrons. The van der Waals surface area contributed by atoms with E-state index in [0.29, 0.717) is 45.6 Å². The topological polar surface area (TPSA) is 64.1 Å². The van der Waals surface area contributed by atoms with Crippen LogP contribution < -0.4 is 0 Å². The number of nitrogens with zero attached hydrogens (tertiary/aromatic N) is 3. The molecule has 1 aliphatic rings. The van der Waals surface area contributed by atoms with Crippen molar-refractivity contribution in [3.05, 3.63) is 0 Å². The molecule has 1 rings (SSSR count). The lowest BCUT2D eigenvalue weighted by molar-refractivity contribution is -0.140. The standard InChI is InChI=1S/C13H25N3O3/c1-11(17)4-5-12(18)15-6-8-16(9-7-15)13(19)10-14(2)3/h11,17H,4-10H2,1-3H3. The first-order valence-corrected chi connectivity index (χ1v) is 6.78. The van der Waals surface area contributed by atoms with Gasteiger partial charge in [0.2, 0.25) is 11.8 Å². The fourth-order valence-corrected chi connectivity index (χ4v) is 2.07. The third-order valence-electron chi connectivity index (χ3n) is 3.21. The molecule has 0 bridgehead atoms. The van der Waals surface area contributed by atoms with Gasteiger partial charge in [-0.25, -0.2) is 0 Å². The van der Waals surface area contributed by atoms with Crippen LogP contribution in [0, 0.1) is 0 Å². The minimum atomic E-state index is -0.438. The highest BCUT2D eigenvalue weighted by molar-refractivity contribution is 5.79. The SMILES string of the molecule is CC(O)CCC(=O)N1CCN(C(=O)CN(C)C)CC1. The normalized spacial score (nSPS) is 17.7. The minimum Gasteiger partial charge on any atom is -0.393 e. The van der Waals surface area contributed by atoms with Gasteiger partial charge < -0.3 is 19.8 Å². The van der Waals surface area contributed by atoms with Crippen LogP contribution in [0.5, 0.6) is 0 Å². The van der Waals surface area contributed by atoms with E-state index in [1.54, 1.807) is 16.7 Å². The average molecular weight is 271 g/mol. The van der Waals surface area contributed by atoms with Crippen LogP contribution in [-0.4, -0.2) is 84.5 Å². The molecule has 1 fully saturated rings. The van der Waals surface area contributed by atoms with E-state index < -0.39 is 6.10 Å². The van der Waals surface area contributed by atoms with Crippen LogP contribution in [0.3, 0.4) is 0 Å². The van der Waals surface area contributed by atoms with Crippen LogP contribution in [-0.2, 0) is 9.59 Å². The Morgan fingerprint density at radius 2 is 1.58 bits per heavy atom. The summed E-state index contributed by atoms with van der Waals surface area (Å²) in [6, 6.07) is 0. The Morgan fingerprint density at radius 3 is 2.00 bits per heavy atom. The fraction of sp³-hybridized carbons (Fsp3) is 0.846. The molecule has 2 amide bonds. The summed E-state index contributed by atoms with van der Waals surface area (Å²) in [6.45, 7) is 4.50. The van der Waals surface area contributed by atoms with E-state index in [2.05, 4.69) is 0 Å². The zero-order chi connectivity index (χ0) is 14.4. The van der Waals surface area contributed by atoms with Crippen LogP contribution in [0.4, 0.5) is 0 Å². The van der Waals surface area contributed by atoms with Crippen molar-refractivity contribution in [3.63, 3.8) is 0 Å². The molecular formula is C13H25N3O3. The van der Waals surface area contributed by atoms with Gasteiger partial charge in [0.25, 0.3) is 0 Å². The highest BCUT2D eigenvalue weighted by Crippen LogP contribution is 2.07. The molecule has 0 spiro atoms. The zero-order valence-corrected chi connectivity index (χ0v) is 12.1. The van der Waals surface area contributed by atoms with Crippen molar-refractivity contribution in [2.24, 2.45) is 0 Å². The molecule has 1 atom stereocenters. The lowest BCUT2D eigenvalue weighted by Gasteiger charge is -2.35. The smallest absolute Gasteiger partial charge is 0.236 e. The molecule has 1 saturated heterocycles. The molecule has 0 aliphatic carbocycles. The summed E-state index contributed by atoms with van der Waals surface area (Å²) in [5, 5.41) is 9.17. The van der Waals surface area contributed by atoms with E-state index in [1.807, 2.05) is 19.0 Å². The van der Waals surface area contributed by atoms with Crippen molar-refractivity contribution < 1.29 is 14.7 Å². The predicted octanol–water partition coefficient (Wildman–Crippen LogP) is -0.620. The molecule has 0 aromatic carbocycles. The lowest BCUT2D eigenvalue weighted by Crippen LogP contribution is -2.52. The van der Waals surface area contributed by atoms with Crippen LogP contribution >= 0.6 is 0 Å². The number of aliphatic hydroxyl groups excluding tert-OH is 1.